The summed E-state index contributed by atoms with van der Waals surface area (Å²) in [5.74, 6) is -1.41. The fourth-order valence-electron chi connectivity index (χ4n) is 2.06. The zero-order valence-electron chi connectivity index (χ0n) is 11.6. The van der Waals surface area contributed by atoms with Gasteiger partial charge in [0.1, 0.15) is 0 Å². The smallest absolute Gasteiger partial charge is 0.337 e. The first-order valence-electron chi connectivity index (χ1n) is 6.30. The van der Waals surface area contributed by atoms with Gasteiger partial charge in [-0.05, 0) is 43.7 Å². The van der Waals surface area contributed by atoms with E-state index in [1.807, 2.05) is 26.0 Å². The minimum atomic E-state index is -1.08. The van der Waals surface area contributed by atoms with Crippen molar-refractivity contribution in [1.29, 1.82) is 0 Å². The van der Waals surface area contributed by atoms with Gasteiger partial charge in [0.05, 0.1) is 11.3 Å². The lowest BCUT2D eigenvalue weighted by atomic mass is 10.0. The highest BCUT2D eigenvalue weighted by molar-refractivity contribution is 9.10. The van der Waals surface area contributed by atoms with Crippen molar-refractivity contribution in [3.63, 3.8) is 0 Å². The van der Waals surface area contributed by atoms with Crippen LogP contribution in [0.5, 0.6) is 0 Å². The Morgan fingerprint density at radius 3 is 2.33 bits per heavy atom. The summed E-state index contributed by atoms with van der Waals surface area (Å²) in [5.41, 5.74) is 2.76. The van der Waals surface area contributed by atoms with Gasteiger partial charge in [-0.25, -0.2) is 4.79 Å². The highest BCUT2D eigenvalue weighted by Crippen LogP contribution is 2.23. The fourth-order valence-corrected chi connectivity index (χ4v) is 2.43. The van der Waals surface area contributed by atoms with Gasteiger partial charge in [0.25, 0.3) is 5.91 Å². The topological polar surface area (TPSA) is 66.4 Å². The Bertz CT molecular complexity index is 725. The van der Waals surface area contributed by atoms with Crippen LogP contribution >= 0.6 is 15.9 Å². The molecule has 2 rings (SSSR count). The average Bonchev–Trinajstić information content (AvgIpc) is 2.37. The quantitative estimate of drug-likeness (QED) is 0.881. The minimum Gasteiger partial charge on any atom is -0.478 e. The van der Waals surface area contributed by atoms with Crippen molar-refractivity contribution in [2.45, 2.75) is 13.8 Å². The van der Waals surface area contributed by atoms with Crippen molar-refractivity contribution < 1.29 is 14.7 Å². The van der Waals surface area contributed by atoms with Gasteiger partial charge >= 0.3 is 5.97 Å². The second-order valence-electron chi connectivity index (χ2n) is 4.77. The number of aryl methyl sites for hydroxylation is 2. The lowest BCUT2D eigenvalue weighted by molar-refractivity contribution is 0.0698. The highest BCUT2D eigenvalue weighted by Gasteiger charge is 2.15. The predicted molar refractivity (Wildman–Crippen MR) is 85.0 cm³/mol. The van der Waals surface area contributed by atoms with E-state index < -0.39 is 5.97 Å². The molecule has 0 saturated carbocycles. The Kier molecular flexibility index (Phi) is 4.43. The molecule has 1 amide bonds. The summed E-state index contributed by atoms with van der Waals surface area (Å²) < 4.78 is 0.698. The molecule has 0 aliphatic carbocycles. The van der Waals surface area contributed by atoms with E-state index in [-0.39, 0.29) is 17.2 Å². The molecule has 108 valence electrons. The lowest BCUT2D eigenvalue weighted by Crippen LogP contribution is -2.16. The molecule has 0 bridgehead atoms. The maximum atomic E-state index is 12.3. The molecule has 2 N–H and O–H groups in total. The third-order valence-corrected chi connectivity index (χ3v) is 3.58. The van der Waals surface area contributed by atoms with E-state index in [2.05, 4.69) is 21.2 Å². The van der Waals surface area contributed by atoms with E-state index >= 15 is 0 Å². The first-order valence-corrected chi connectivity index (χ1v) is 7.09. The average molecular weight is 348 g/mol. The van der Waals surface area contributed by atoms with Crippen molar-refractivity contribution in [3.8, 4) is 0 Å². The maximum absolute atomic E-state index is 12.3. The summed E-state index contributed by atoms with van der Waals surface area (Å²) >= 11 is 3.27. The number of nitrogens with one attached hydrogen (secondary N) is 1. The summed E-state index contributed by atoms with van der Waals surface area (Å²) in [5, 5.41) is 11.8. The molecule has 0 heterocycles. The fraction of sp³-hybridized carbons (Fsp3) is 0.125. The molecule has 4 nitrogen and oxygen atoms in total. The number of hydrogen-bond donors (Lipinski definition) is 2. The van der Waals surface area contributed by atoms with Gasteiger partial charge in [-0.15, -0.1) is 0 Å². The van der Waals surface area contributed by atoms with Crippen molar-refractivity contribution in [2.75, 3.05) is 5.32 Å². The largest absolute Gasteiger partial charge is 0.478 e. The van der Waals surface area contributed by atoms with Gasteiger partial charge in [-0.3, -0.25) is 4.79 Å². The number of amides is 1. The number of hydrogen-bond acceptors (Lipinski definition) is 2. The number of carboxylic acids is 1. The molecule has 2 aromatic carbocycles. The number of halogens is 1. The normalized spacial score (nSPS) is 10.2. The Morgan fingerprint density at radius 2 is 1.71 bits per heavy atom. The van der Waals surface area contributed by atoms with Gasteiger partial charge < -0.3 is 10.4 Å². The number of carbonyl (C=O) groups excluding carboxylic acids is 1. The first kappa shape index (κ1) is 15.3. The minimum absolute atomic E-state index is 0.0521. The zero-order valence-corrected chi connectivity index (χ0v) is 13.2. The van der Waals surface area contributed by atoms with E-state index in [0.29, 0.717) is 10.0 Å². The number of carboxylic acid groups (broad SMARTS) is 1. The van der Waals surface area contributed by atoms with Crippen LogP contribution in [0, 0.1) is 13.8 Å². The Balaban J connectivity index is 2.35. The van der Waals surface area contributed by atoms with Crippen LogP contribution in [0.1, 0.15) is 31.8 Å². The predicted octanol–water partition coefficient (Wildman–Crippen LogP) is 4.02. The Hall–Kier alpha value is -2.14. The van der Waals surface area contributed by atoms with Crippen LogP contribution < -0.4 is 5.32 Å². The van der Waals surface area contributed by atoms with Crippen LogP contribution in [0.3, 0.4) is 0 Å². The highest BCUT2D eigenvalue weighted by atomic mass is 79.9. The van der Waals surface area contributed by atoms with Crippen LogP contribution in [0.15, 0.2) is 40.9 Å². The first-order chi connectivity index (χ1) is 9.88. The molecule has 0 aromatic heterocycles. The van der Waals surface area contributed by atoms with Crippen LogP contribution in [0.2, 0.25) is 0 Å². The summed E-state index contributed by atoms with van der Waals surface area (Å²) in [6.45, 7) is 3.80. The SMILES string of the molecule is Cc1ccc(C(=O)Nc2cc(Br)ccc2C(=O)O)c(C)c1. The van der Waals surface area contributed by atoms with E-state index in [1.54, 1.807) is 18.2 Å². The summed E-state index contributed by atoms with van der Waals surface area (Å²) in [6, 6.07) is 10.1. The van der Waals surface area contributed by atoms with Crippen molar-refractivity contribution in [1.82, 2.24) is 0 Å². The van der Waals surface area contributed by atoms with E-state index in [9.17, 15) is 9.59 Å². The summed E-state index contributed by atoms with van der Waals surface area (Å²) in [6.07, 6.45) is 0. The van der Waals surface area contributed by atoms with E-state index in [0.717, 1.165) is 11.1 Å². The number of anilines is 1. The van der Waals surface area contributed by atoms with Crippen LogP contribution in [-0.4, -0.2) is 17.0 Å². The lowest BCUT2D eigenvalue weighted by Gasteiger charge is -2.11. The molecule has 5 heteroatoms. The van der Waals surface area contributed by atoms with Crippen LogP contribution in [0.4, 0.5) is 5.69 Å². The summed E-state index contributed by atoms with van der Waals surface area (Å²) in [7, 11) is 0. The van der Waals surface area contributed by atoms with Crippen LogP contribution in [-0.2, 0) is 0 Å². The molecular formula is C16H14BrNO3. The van der Waals surface area contributed by atoms with Gasteiger partial charge in [-0.1, -0.05) is 33.6 Å². The molecule has 0 radical (unpaired) electrons. The van der Waals surface area contributed by atoms with E-state index in [1.165, 1.54) is 6.07 Å². The van der Waals surface area contributed by atoms with Gasteiger partial charge in [0.2, 0.25) is 0 Å². The van der Waals surface area contributed by atoms with Crippen molar-refractivity contribution >= 4 is 33.5 Å². The molecule has 2 aromatic rings. The number of rotatable bonds is 3. The molecule has 0 aliphatic heterocycles. The molecular weight excluding hydrogens is 334 g/mol. The zero-order chi connectivity index (χ0) is 15.6. The van der Waals surface area contributed by atoms with Gasteiger partial charge in [-0.2, -0.15) is 0 Å². The molecule has 0 unspecified atom stereocenters. The van der Waals surface area contributed by atoms with Gasteiger partial charge in [0, 0.05) is 10.0 Å². The number of aromatic carboxylic acids is 1. The second-order valence-corrected chi connectivity index (χ2v) is 5.68. The third-order valence-electron chi connectivity index (χ3n) is 3.09. The number of benzene rings is 2. The maximum Gasteiger partial charge on any atom is 0.337 e. The monoisotopic (exact) mass is 347 g/mol. The second kappa shape index (κ2) is 6.10. The van der Waals surface area contributed by atoms with Crippen molar-refractivity contribution in [2.24, 2.45) is 0 Å². The number of carbonyl (C=O) groups is 2. The molecule has 21 heavy (non-hydrogen) atoms. The Labute approximate surface area is 130 Å². The van der Waals surface area contributed by atoms with Gasteiger partial charge in [0.15, 0.2) is 0 Å². The molecule has 0 saturated heterocycles. The Morgan fingerprint density at radius 1 is 1.05 bits per heavy atom. The standard InChI is InChI=1S/C16H14BrNO3/c1-9-3-5-12(10(2)7-9)15(19)18-14-8-11(17)4-6-13(14)16(20)21/h3-8H,1-2H3,(H,18,19)(H,20,21). The summed E-state index contributed by atoms with van der Waals surface area (Å²) in [4.78, 5) is 23.5. The third kappa shape index (κ3) is 3.49. The van der Waals surface area contributed by atoms with Crippen LogP contribution in [0.25, 0.3) is 0 Å². The molecule has 0 spiro atoms. The molecule has 0 aliphatic rings. The molecule has 0 atom stereocenters. The van der Waals surface area contributed by atoms with E-state index in [4.69, 9.17) is 5.11 Å². The van der Waals surface area contributed by atoms with Crippen molar-refractivity contribution in [3.05, 3.63) is 63.1 Å². The molecule has 0 fully saturated rings.